The summed E-state index contributed by atoms with van der Waals surface area (Å²) in [6.07, 6.45) is 0. The number of para-hydroxylation sites is 1. The molecule has 2 aliphatic rings. The van der Waals surface area contributed by atoms with Gasteiger partial charge in [-0.05, 0) is 135 Å². The average Bonchev–Trinajstić information content (AvgIpc) is 3.16. The number of benzene rings is 13. The maximum Gasteiger partial charge on any atom is 0.252 e. The smallest absolute Gasteiger partial charge is 0.252 e. The van der Waals surface area contributed by atoms with Crippen molar-refractivity contribution in [3.8, 4) is 22.6 Å². The summed E-state index contributed by atoms with van der Waals surface area (Å²) < 4.78 is 0. The van der Waals surface area contributed by atoms with Gasteiger partial charge in [-0.15, -0.1) is 0 Å². The minimum absolute atomic E-state index is 0.0242. The van der Waals surface area contributed by atoms with Crippen molar-refractivity contribution in [1.29, 1.82) is 0 Å². The molecule has 0 spiro atoms. The fraction of sp³-hybridized carbons (Fsp3) is 0.111. The predicted molar refractivity (Wildman–Crippen MR) is 329 cm³/mol. The van der Waals surface area contributed by atoms with Crippen LogP contribution in [0.25, 0.3) is 98.2 Å². The van der Waals surface area contributed by atoms with E-state index in [9.17, 15) is 0 Å². The van der Waals surface area contributed by atoms with Gasteiger partial charge in [-0.3, -0.25) is 0 Å². The van der Waals surface area contributed by atoms with Crippen LogP contribution >= 0.6 is 0 Å². The number of nitrogens with zero attached hydrogens (tertiary/aromatic N) is 4. The van der Waals surface area contributed by atoms with Crippen LogP contribution < -0.4 is 26.2 Å². The van der Waals surface area contributed by atoms with E-state index in [1.54, 1.807) is 0 Å². The highest BCUT2D eigenvalue weighted by molar-refractivity contribution is 7.01. The Bertz CT molecular complexity index is 4490. The van der Waals surface area contributed by atoms with Crippen LogP contribution in [-0.4, -0.2) is 16.7 Å². The van der Waals surface area contributed by atoms with E-state index in [1.165, 1.54) is 104 Å². The van der Waals surface area contributed by atoms with Crippen molar-refractivity contribution < 1.29 is 0 Å². The predicted octanol–water partition coefficient (Wildman–Crippen LogP) is 17.4. The van der Waals surface area contributed by atoms with Gasteiger partial charge in [0.2, 0.25) is 0 Å². The molecular weight excluding hydrogens is 932 g/mol. The molecule has 16 rings (SSSR count). The molecule has 0 N–H and O–H groups in total. The Morgan fingerprint density at radius 1 is 0.364 bits per heavy atom. The molecule has 2 aliphatic heterocycles. The second-order valence-electron chi connectivity index (χ2n) is 23.7. The van der Waals surface area contributed by atoms with E-state index in [1.807, 2.05) is 0 Å². The van der Waals surface area contributed by atoms with E-state index >= 15 is 0 Å². The summed E-state index contributed by atoms with van der Waals surface area (Å²) in [5, 5.41) is 16.3. The summed E-state index contributed by atoms with van der Waals surface area (Å²) >= 11 is 0. The zero-order chi connectivity index (χ0) is 51.6. The first-order valence-corrected chi connectivity index (χ1v) is 27.2. The molecule has 14 aromatic rings. The third kappa shape index (κ3) is 6.41. The highest BCUT2D eigenvalue weighted by atomic mass is 15.2. The molecule has 0 saturated carbocycles. The lowest BCUT2D eigenvalue weighted by Gasteiger charge is -2.45. The van der Waals surface area contributed by atoms with E-state index < -0.39 is 0 Å². The molecule has 0 unspecified atom stereocenters. The molecule has 4 nitrogen and oxygen atoms in total. The molecule has 1 aromatic heterocycles. The summed E-state index contributed by atoms with van der Waals surface area (Å²) in [5.41, 5.74) is 17.2. The van der Waals surface area contributed by atoms with E-state index in [4.69, 9.17) is 9.97 Å². The van der Waals surface area contributed by atoms with Crippen molar-refractivity contribution in [2.45, 2.75) is 52.4 Å². The minimum Gasteiger partial charge on any atom is -0.311 e. The maximum absolute atomic E-state index is 5.63. The monoisotopic (exact) mass is 984 g/mol. The molecule has 5 heteroatoms. The highest BCUT2D eigenvalue weighted by Gasteiger charge is 2.46. The highest BCUT2D eigenvalue weighted by Crippen LogP contribution is 2.52. The quantitative estimate of drug-likeness (QED) is 0.130. The van der Waals surface area contributed by atoms with Gasteiger partial charge in [0.1, 0.15) is 0 Å². The lowest BCUT2D eigenvalue weighted by Crippen LogP contribution is -2.61. The summed E-state index contributed by atoms with van der Waals surface area (Å²) in [6, 6.07) is 80.2. The van der Waals surface area contributed by atoms with Crippen molar-refractivity contribution in [3.63, 3.8) is 0 Å². The SMILES string of the molecule is CC(C)(C)c1ccc(N2c3cc(-c4nc(-c5ccccc5)nc5ccccc45)cc4c3B(c3cc5ccc6cccc7ccc(c32)c5c67)c2cc3ccc5cccc6ccc(c2N4c2ccc(C(C)(C)C)cc2)c3c56)cc1. The molecule has 0 fully saturated rings. The minimum atomic E-state index is -0.139. The summed E-state index contributed by atoms with van der Waals surface area (Å²) in [5.74, 6) is 0.705. The molecule has 0 atom stereocenters. The zero-order valence-corrected chi connectivity index (χ0v) is 44.1. The van der Waals surface area contributed by atoms with Gasteiger partial charge in [-0.1, -0.05) is 211 Å². The lowest BCUT2D eigenvalue weighted by molar-refractivity contribution is 0.590. The molecular formula is C72H53BN4. The lowest BCUT2D eigenvalue weighted by atomic mass is 9.33. The van der Waals surface area contributed by atoms with Gasteiger partial charge in [-0.2, -0.15) is 0 Å². The Labute approximate surface area is 448 Å². The third-order valence-electron chi connectivity index (χ3n) is 17.2. The van der Waals surface area contributed by atoms with Crippen LogP contribution in [0.15, 0.2) is 212 Å². The summed E-state index contributed by atoms with van der Waals surface area (Å²) in [7, 11) is 0. The molecule has 0 amide bonds. The number of rotatable bonds is 4. The molecule has 0 saturated heterocycles. The van der Waals surface area contributed by atoms with Gasteiger partial charge in [0.05, 0.1) is 11.2 Å². The van der Waals surface area contributed by atoms with E-state index in [2.05, 4.69) is 264 Å². The Hall–Kier alpha value is -9.06. The molecule has 364 valence electrons. The van der Waals surface area contributed by atoms with Crippen LogP contribution in [0.2, 0.25) is 0 Å². The Morgan fingerprint density at radius 2 is 0.818 bits per heavy atom. The van der Waals surface area contributed by atoms with Crippen molar-refractivity contribution >= 4 is 133 Å². The van der Waals surface area contributed by atoms with E-state index in [0.29, 0.717) is 5.82 Å². The second-order valence-corrected chi connectivity index (χ2v) is 23.7. The first-order chi connectivity index (χ1) is 37.4. The Morgan fingerprint density at radius 3 is 1.31 bits per heavy atom. The summed E-state index contributed by atoms with van der Waals surface area (Å²) in [4.78, 5) is 16.1. The van der Waals surface area contributed by atoms with Crippen LogP contribution in [0.5, 0.6) is 0 Å². The average molecular weight is 985 g/mol. The first kappa shape index (κ1) is 44.3. The van der Waals surface area contributed by atoms with Crippen molar-refractivity contribution in [1.82, 2.24) is 9.97 Å². The van der Waals surface area contributed by atoms with Gasteiger partial charge < -0.3 is 9.80 Å². The molecule has 0 bridgehead atoms. The topological polar surface area (TPSA) is 32.3 Å². The van der Waals surface area contributed by atoms with Crippen molar-refractivity contribution in [3.05, 3.63) is 223 Å². The number of anilines is 6. The van der Waals surface area contributed by atoms with Crippen LogP contribution in [0, 0.1) is 0 Å². The molecule has 0 radical (unpaired) electrons. The van der Waals surface area contributed by atoms with Gasteiger partial charge in [-0.25, -0.2) is 9.97 Å². The fourth-order valence-electron chi connectivity index (χ4n) is 13.5. The second kappa shape index (κ2) is 15.8. The normalized spacial score (nSPS) is 13.5. The standard InChI is InChI=1S/C72H53BN4/c1-71(2,3)50-28-32-52(33-29-50)76-60-40-49(67-54-20-10-11-21-59(54)74-70(75-67)46-14-8-7-9-15-46)41-61-66(60)73(57-38-47-24-22-42-16-12-18-44-26-36-55(68(57)76)64(47)62(42)44)58-39-48-25-23-43-17-13-19-45-27-37-56(65(48)63(43)45)69(58)77(61)53-34-30-51(31-35-53)72(4,5)6/h7-41H,1-6H3. The molecule has 77 heavy (non-hydrogen) atoms. The van der Waals surface area contributed by atoms with Crippen molar-refractivity contribution in [2.24, 2.45) is 0 Å². The van der Waals surface area contributed by atoms with Gasteiger partial charge in [0, 0.05) is 61.4 Å². The van der Waals surface area contributed by atoms with Crippen LogP contribution in [-0.2, 0) is 10.8 Å². The Balaban J connectivity index is 1.10. The zero-order valence-electron chi connectivity index (χ0n) is 44.1. The van der Waals surface area contributed by atoms with Gasteiger partial charge in [0.15, 0.2) is 5.82 Å². The largest absolute Gasteiger partial charge is 0.311 e. The third-order valence-corrected chi connectivity index (χ3v) is 17.2. The molecule has 0 aliphatic carbocycles. The first-order valence-electron chi connectivity index (χ1n) is 27.2. The van der Waals surface area contributed by atoms with Crippen LogP contribution in [0.3, 0.4) is 0 Å². The van der Waals surface area contributed by atoms with E-state index in [-0.39, 0.29) is 17.5 Å². The number of fused-ring (bicyclic) bond motifs is 7. The molecule has 3 heterocycles. The van der Waals surface area contributed by atoms with Crippen molar-refractivity contribution in [2.75, 3.05) is 9.80 Å². The van der Waals surface area contributed by atoms with Crippen LogP contribution in [0.1, 0.15) is 52.7 Å². The van der Waals surface area contributed by atoms with Gasteiger partial charge in [0.25, 0.3) is 6.71 Å². The van der Waals surface area contributed by atoms with Crippen LogP contribution in [0.4, 0.5) is 34.1 Å². The van der Waals surface area contributed by atoms with Gasteiger partial charge >= 0.3 is 0 Å². The number of hydrogen-bond acceptors (Lipinski definition) is 4. The summed E-state index contributed by atoms with van der Waals surface area (Å²) in [6.45, 7) is 13.7. The maximum atomic E-state index is 5.63. The fourth-order valence-corrected chi connectivity index (χ4v) is 13.5. The number of hydrogen-bond donors (Lipinski definition) is 0. The Kier molecular flexibility index (Phi) is 9.05. The molecule has 13 aromatic carbocycles. The van der Waals surface area contributed by atoms with E-state index in [0.717, 1.165) is 50.5 Å². The number of aromatic nitrogens is 2.